The largest absolute Gasteiger partial charge is 0.298 e. The summed E-state index contributed by atoms with van der Waals surface area (Å²) in [5, 5.41) is 0. The average molecular weight is 377 g/mol. The van der Waals surface area contributed by atoms with Crippen LogP contribution in [0, 0.1) is 0 Å². The van der Waals surface area contributed by atoms with Crippen LogP contribution in [-0.2, 0) is 13.1 Å². The normalized spacial score (nSPS) is 11.1. The lowest BCUT2D eigenvalue weighted by molar-refractivity contribution is 0.191. The summed E-state index contributed by atoms with van der Waals surface area (Å²) in [5.41, 5.74) is 2.78. The van der Waals surface area contributed by atoms with E-state index >= 15 is 0 Å². The van der Waals surface area contributed by atoms with Gasteiger partial charge in [-0.05, 0) is 49.9 Å². The molecule has 0 spiro atoms. The predicted octanol–water partition coefficient (Wildman–Crippen LogP) is 5.92. The summed E-state index contributed by atoms with van der Waals surface area (Å²) in [6, 6.07) is 21.6. The van der Waals surface area contributed by atoms with Gasteiger partial charge in [-0.2, -0.15) is 0 Å². The smallest absolute Gasteiger partial charge is 0.0234 e. The van der Waals surface area contributed by atoms with Crippen LogP contribution in [0.1, 0.15) is 36.8 Å². The van der Waals surface area contributed by atoms with Crippen LogP contribution in [0.5, 0.6) is 0 Å². The molecule has 2 nitrogen and oxygen atoms in total. The van der Waals surface area contributed by atoms with Gasteiger partial charge < -0.3 is 0 Å². The third-order valence-corrected chi connectivity index (χ3v) is 5.00. The fourth-order valence-corrected chi connectivity index (χ4v) is 3.42. The van der Waals surface area contributed by atoms with E-state index in [4.69, 9.17) is 0 Å². The molecular formula is C26H36N2. The maximum absolute atomic E-state index is 3.87. The topological polar surface area (TPSA) is 6.48 Å². The Labute approximate surface area is 172 Å². The van der Waals surface area contributed by atoms with Gasteiger partial charge in [0.25, 0.3) is 0 Å². The Kier molecular flexibility index (Phi) is 11.0. The maximum atomic E-state index is 3.87. The van der Waals surface area contributed by atoms with Crippen molar-refractivity contribution < 1.29 is 0 Å². The molecule has 0 saturated carbocycles. The van der Waals surface area contributed by atoms with E-state index in [9.17, 15) is 0 Å². The summed E-state index contributed by atoms with van der Waals surface area (Å²) in [7, 11) is 0. The number of benzene rings is 2. The quantitative estimate of drug-likeness (QED) is 0.281. The molecular weight excluding hydrogens is 340 g/mol. The predicted molar refractivity (Wildman–Crippen MR) is 122 cm³/mol. The Bertz CT molecular complexity index is 591. The van der Waals surface area contributed by atoms with Crippen LogP contribution < -0.4 is 0 Å². The SMILES string of the molecule is C=CCCCN(CCN(CCCC=C)Cc1ccccc1)Cc1ccccc1. The van der Waals surface area contributed by atoms with E-state index < -0.39 is 0 Å². The molecule has 0 bridgehead atoms. The molecule has 0 atom stereocenters. The van der Waals surface area contributed by atoms with E-state index in [1.807, 2.05) is 12.2 Å². The Morgan fingerprint density at radius 1 is 0.571 bits per heavy atom. The van der Waals surface area contributed by atoms with Gasteiger partial charge in [-0.15, -0.1) is 13.2 Å². The molecule has 2 aromatic rings. The number of allylic oxidation sites excluding steroid dienone is 2. The van der Waals surface area contributed by atoms with Crippen molar-refractivity contribution in [2.75, 3.05) is 26.2 Å². The first-order valence-electron chi connectivity index (χ1n) is 10.6. The second-order valence-corrected chi connectivity index (χ2v) is 7.39. The fourth-order valence-electron chi connectivity index (χ4n) is 3.42. The van der Waals surface area contributed by atoms with Gasteiger partial charge in [0.15, 0.2) is 0 Å². The highest BCUT2D eigenvalue weighted by Crippen LogP contribution is 2.10. The van der Waals surface area contributed by atoms with Crippen LogP contribution in [-0.4, -0.2) is 36.0 Å². The van der Waals surface area contributed by atoms with Gasteiger partial charge in [0.05, 0.1) is 0 Å². The molecule has 0 aliphatic carbocycles. The lowest BCUT2D eigenvalue weighted by Crippen LogP contribution is -2.35. The Balaban J connectivity index is 1.94. The molecule has 0 N–H and O–H groups in total. The first-order valence-corrected chi connectivity index (χ1v) is 10.6. The van der Waals surface area contributed by atoms with Crippen molar-refractivity contribution in [3.8, 4) is 0 Å². The summed E-state index contributed by atoms with van der Waals surface area (Å²) in [4.78, 5) is 5.18. The monoisotopic (exact) mass is 376 g/mol. The van der Waals surface area contributed by atoms with Gasteiger partial charge in [0, 0.05) is 26.2 Å². The second-order valence-electron chi connectivity index (χ2n) is 7.39. The van der Waals surface area contributed by atoms with E-state index in [-0.39, 0.29) is 0 Å². The number of nitrogens with zero attached hydrogens (tertiary/aromatic N) is 2. The summed E-state index contributed by atoms with van der Waals surface area (Å²) >= 11 is 0. The minimum atomic E-state index is 1.02. The second kappa shape index (κ2) is 13.9. The number of rotatable bonds is 15. The maximum Gasteiger partial charge on any atom is 0.0234 e. The molecule has 28 heavy (non-hydrogen) atoms. The van der Waals surface area contributed by atoms with E-state index in [0.29, 0.717) is 0 Å². The van der Waals surface area contributed by atoms with Crippen molar-refractivity contribution in [3.63, 3.8) is 0 Å². The van der Waals surface area contributed by atoms with E-state index in [2.05, 4.69) is 83.6 Å². The minimum Gasteiger partial charge on any atom is -0.298 e. The van der Waals surface area contributed by atoms with E-state index in [1.165, 1.54) is 24.0 Å². The Hall–Kier alpha value is -2.16. The molecule has 0 fully saturated rings. The van der Waals surface area contributed by atoms with Crippen LogP contribution in [0.25, 0.3) is 0 Å². The molecule has 0 unspecified atom stereocenters. The number of hydrogen-bond donors (Lipinski definition) is 0. The summed E-state index contributed by atoms with van der Waals surface area (Å²) in [6.45, 7) is 14.2. The third kappa shape index (κ3) is 9.16. The van der Waals surface area contributed by atoms with Gasteiger partial charge >= 0.3 is 0 Å². The minimum absolute atomic E-state index is 1.02. The van der Waals surface area contributed by atoms with Crippen molar-refractivity contribution in [3.05, 3.63) is 97.1 Å². The average Bonchev–Trinajstić information content (AvgIpc) is 2.73. The molecule has 0 radical (unpaired) electrons. The first kappa shape index (κ1) is 22.1. The molecule has 0 aliphatic heterocycles. The molecule has 2 heteroatoms. The van der Waals surface area contributed by atoms with E-state index in [1.54, 1.807) is 0 Å². The van der Waals surface area contributed by atoms with Crippen LogP contribution in [0.2, 0.25) is 0 Å². The zero-order chi connectivity index (χ0) is 19.9. The number of hydrogen-bond acceptors (Lipinski definition) is 2. The van der Waals surface area contributed by atoms with Crippen LogP contribution >= 0.6 is 0 Å². The Morgan fingerprint density at radius 2 is 0.964 bits per heavy atom. The highest BCUT2D eigenvalue weighted by atomic mass is 15.2. The fraction of sp³-hybridized carbons (Fsp3) is 0.385. The van der Waals surface area contributed by atoms with Gasteiger partial charge in [-0.25, -0.2) is 0 Å². The standard InChI is InChI=1S/C26H36N2/c1-3-5-13-19-27(23-25-15-9-7-10-16-25)21-22-28(20-14-6-4-2)24-26-17-11-8-12-18-26/h3-4,7-12,15-18H,1-2,5-6,13-14,19-24H2. The van der Waals surface area contributed by atoms with Crippen LogP contribution in [0.4, 0.5) is 0 Å². The molecule has 0 aromatic heterocycles. The lowest BCUT2D eigenvalue weighted by atomic mass is 10.2. The van der Waals surface area contributed by atoms with Crippen molar-refractivity contribution >= 4 is 0 Å². The Morgan fingerprint density at radius 3 is 1.32 bits per heavy atom. The molecule has 0 amide bonds. The van der Waals surface area contributed by atoms with Crippen molar-refractivity contribution in [2.45, 2.75) is 38.8 Å². The molecule has 2 rings (SSSR count). The molecule has 2 aromatic carbocycles. The van der Waals surface area contributed by atoms with Gasteiger partial charge in [-0.1, -0.05) is 72.8 Å². The third-order valence-electron chi connectivity index (χ3n) is 5.00. The van der Waals surface area contributed by atoms with E-state index in [0.717, 1.165) is 52.1 Å². The zero-order valence-electron chi connectivity index (χ0n) is 17.3. The van der Waals surface area contributed by atoms with Crippen molar-refractivity contribution in [2.24, 2.45) is 0 Å². The molecule has 0 heterocycles. The summed E-state index contributed by atoms with van der Waals surface area (Å²) < 4.78 is 0. The van der Waals surface area contributed by atoms with Gasteiger partial charge in [0.2, 0.25) is 0 Å². The van der Waals surface area contributed by atoms with Crippen LogP contribution in [0.15, 0.2) is 86.0 Å². The summed E-state index contributed by atoms with van der Waals surface area (Å²) in [5.74, 6) is 0. The van der Waals surface area contributed by atoms with Gasteiger partial charge in [0.1, 0.15) is 0 Å². The van der Waals surface area contributed by atoms with Gasteiger partial charge in [-0.3, -0.25) is 9.80 Å². The van der Waals surface area contributed by atoms with Crippen LogP contribution in [0.3, 0.4) is 0 Å². The lowest BCUT2D eigenvalue weighted by Gasteiger charge is -2.28. The van der Waals surface area contributed by atoms with Crippen molar-refractivity contribution in [1.82, 2.24) is 9.80 Å². The zero-order valence-corrected chi connectivity index (χ0v) is 17.3. The molecule has 150 valence electrons. The molecule has 0 aliphatic rings. The number of unbranched alkanes of at least 4 members (excludes halogenated alkanes) is 2. The van der Waals surface area contributed by atoms with Crippen molar-refractivity contribution in [1.29, 1.82) is 0 Å². The molecule has 0 saturated heterocycles. The first-order chi connectivity index (χ1) is 13.8. The summed E-state index contributed by atoms with van der Waals surface area (Å²) in [6.07, 6.45) is 8.56. The highest BCUT2D eigenvalue weighted by molar-refractivity contribution is 5.15. The highest BCUT2D eigenvalue weighted by Gasteiger charge is 2.10.